The van der Waals surface area contributed by atoms with E-state index in [9.17, 15) is 15.3 Å². The molecule has 222 valence electrons. The first-order valence-corrected chi connectivity index (χ1v) is 14.4. The summed E-state index contributed by atoms with van der Waals surface area (Å²) in [6.45, 7) is 6.02. The number of hydrogen-bond donors (Lipinski definition) is 4. The summed E-state index contributed by atoms with van der Waals surface area (Å²) >= 11 is 0. The van der Waals surface area contributed by atoms with Crippen LogP contribution in [-0.4, -0.2) is 42.4 Å². The largest absolute Gasteiger partial charge is 0.508 e. The van der Waals surface area contributed by atoms with E-state index in [1.54, 1.807) is 42.6 Å². The van der Waals surface area contributed by atoms with Crippen molar-refractivity contribution >= 4 is 5.70 Å². The van der Waals surface area contributed by atoms with Crippen LogP contribution in [0.1, 0.15) is 30.5 Å². The Balaban J connectivity index is 0.000000197. The van der Waals surface area contributed by atoms with Gasteiger partial charge >= 0.3 is 0 Å². The van der Waals surface area contributed by atoms with E-state index in [2.05, 4.69) is 52.6 Å². The Morgan fingerprint density at radius 3 is 1.91 bits per heavy atom. The van der Waals surface area contributed by atoms with Gasteiger partial charge in [-0.3, -0.25) is 0 Å². The Bertz CT molecular complexity index is 1560. The van der Waals surface area contributed by atoms with E-state index in [1.165, 1.54) is 5.56 Å². The first kappa shape index (κ1) is 30.8. The summed E-state index contributed by atoms with van der Waals surface area (Å²) in [5.74, 6) is 0.806. The third-order valence-electron chi connectivity index (χ3n) is 7.19. The number of rotatable bonds is 10. The molecule has 5 aromatic rings. The van der Waals surface area contributed by atoms with Crippen molar-refractivity contribution in [1.29, 1.82) is 0 Å². The van der Waals surface area contributed by atoms with Crippen LogP contribution in [0.3, 0.4) is 0 Å². The molecule has 1 aromatic heterocycles. The van der Waals surface area contributed by atoms with Gasteiger partial charge in [0.2, 0.25) is 0 Å². The zero-order valence-corrected chi connectivity index (χ0v) is 24.7. The summed E-state index contributed by atoms with van der Waals surface area (Å²) in [5.41, 5.74) is 12.4. The number of aromatic nitrogens is 2. The van der Waals surface area contributed by atoms with Crippen molar-refractivity contribution in [3.05, 3.63) is 139 Å². The zero-order chi connectivity index (χ0) is 30.6. The minimum Gasteiger partial charge on any atom is -0.508 e. The van der Waals surface area contributed by atoms with Gasteiger partial charge in [-0.05, 0) is 104 Å². The molecule has 4 aromatic carbocycles. The molecular weight excluding hydrogens is 536 g/mol. The summed E-state index contributed by atoms with van der Waals surface area (Å²) in [7, 11) is 0. The molecule has 7 nitrogen and oxygen atoms in total. The van der Waals surface area contributed by atoms with Gasteiger partial charge in [-0.15, -0.1) is 0 Å². The number of phenolic OH excluding ortho intramolecular Hbond substituents is 3. The van der Waals surface area contributed by atoms with Gasteiger partial charge in [0, 0.05) is 30.9 Å². The summed E-state index contributed by atoms with van der Waals surface area (Å²) in [6.07, 6.45) is 7.11. The number of imidazole rings is 1. The molecule has 0 aliphatic carbocycles. The zero-order valence-electron chi connectivity index (χ0n) is 24.7. The second-order valence-corrected chi connectivity index (χ2v) is 10.6. The van der Waals surface area contributed by atoms with E-state index in [4.69, 9.17) is 5.73 Å². The van der Waals surface area contributed by atoms with Crippen LogP contribution >= 0.6 is 0 Å². The Labute approximate surface area is 253 Å². The van der Waals surface area contributed by atoms with Crippen molar-refractivity contribution in [1.82, 2.24) is 14.5 Å². The van der Waals surface area contributed by atoms with E-state index < -0.39 is 0 Å². The van der Waals surface area contributed by atoms with E-state index >= 15 is 0 Å². The highest BCUT2D eigenvalue weighted by molar-refractivity contribution is 5.64. The number of aryl methyl sites for hydroxylation is 2. The molecule has 0 aliphatic heterocycles. The van der Waals surface area contributed by atoms with Crippen LogP contribution in [-0.2, 0) is 19.4 Å². The van der Waals surface area contributed by atoms with Crippen LogP contribution in [0.4, 0.5) is 0 Å². The van der Waals surface area contributed by atoms with Gasteiger partial charge in [-0.2, -0.15) is 0 Å². The third-order valence-corrected chi connectivity index (χ3v) is 7.19. The molecule has 43 heavy (non-hydrogen) atoms. The Morgan fingerprint density at radius 2 is 1.33 bits per heavy atom. The van der Waals surface area contributed by atoms with Crippen LogP contribution in [0.5, 0.6) is 17.2 Å². The monoisotopic (exact) mass is 576 g/mol. The standard InChI is InChI=1S/C19H24N2O.C17H16N2O2/c1-15(2)21(13-12-16-6-4-3-5-7-16)19(14-20)17-8-10-18(22)11-9-17;20-15-5-1-13(2-6-15)9-10-19-12-18-11-17(19)14-3-7-16(21)8-4-14/h3-11,14-15,22H,12-13,20H2,1-2H3;1-8,11-12,20-21H,9-10H2/b19-14-;. The number of aromatic hydroxyl groups is 3. The quantitative estimate of drug-likeness (QED) is 0.146. The van der Waals surface area contributed by atoms with E-state index in [-0.39, 0.29) is 17.2 Å². The lowest BCUT2D eigenvalue weighted by molar-refractivity contribution is 0.333. The molecule has 5 N–H and O–H groups in total. The summed E-state index contributed by atoms with van der Waals surface area (Å²) < 4.78 is 2.08. The van der Waals surface area contributed by atoms with E-state index in [1.807, 2.05) is 55.0 Å². The predicted molar refractivity (Wildman–Crippen MR) is 173 cm³/mol. The Hall–Kier alpha value is -5.17. The smallest absolute Gasteiger partial charge is 0.115 e. The van der Waals surface area contributed by atoms with Crippen molar-refractivity contribution in [2.45, 2.75) is 39.3 Å². The SMILES string of the molecule is CC(C)N(CCc1ccccc1)/C(=C\N)c1ccc(O)cc1.Oc1ccc(CCn2cncc2-c2ccc(O)cc2)cc1. The van der Waals surface area contributed by atoms with Crippen LogP contribution < -0.4 is 5.73 Å². The molecule has 0 saturated heterocycles. The molecule has 7 heteroatoms. The van der Waals surface area contributed by atoms with Crippen molar-refractivity contribution in [3.8, 4) is 28.5 Å². The maximum atomic E-state index is 9.45. The highest BCUT2D eigenvalue weighted by atomic mass is 16.3. The molecule has 0 spiro atoms. The maximum Gasteiger partial charge on any atom is 0.115 e. The fraction of sp³-hybridized carbons (Fsp3) is 0.194. The lowest BCUT2D eigenvalue weighted by Gasteiger charge is -2.31. The van der Waals surface area contributed by atoms with Crippen molar-refractivity contribution < 1.29 is 15.3 Å². The third kappa shape index (κ3) is 8.91. The molecule has 0 atom stereocenters. The number of nitrogens with zero attached hydrogens (tertiary/aromatic N) is 3. The Kier molecular flexibility index (Phi) is 10.9. The molecule has 0 fully saturated rings. The fourth-order valence-electron chi connectivity index (χ4n) is 4.82. The number of hydrogen-bond acceptors (Lipinski definition) is 6. The maximum absolute atomic E-state index is 9.45. The molecule has 0 amide bonds. The van der Waals surface area contributed by atoms with Crippen molar-refractivity contribution in [2.24, 2.45) is 5.73 Å². The molecule has 5 rings (SSSR count). The summed E-state index contributed by atoms with van der Waals surface area (Å²) in [6, 6.07) is 32.3. The number of phenols is 3. The van der Waals surface area contributed by atoms with Gasteiger partial charge in [0.1, 0.15) is 17.2 Å². The van der Waals surface area contributed by atoms with Gasteiger partial charge < -0.3 is 30.5 Å². The Morgan fingerprint density at radius 1 is 0.767 bits per heavy atom. The average Bonchev–Trinajstić information content (AvgIpc) is 3.49. The molecular formula is C36H40N4O3. The lowest BCUT2D eigenvalue weighted by atomic mass is 10.1. The van der Waals surface area contributed by atoms with Gasteiger partial charge in [-0.25, -0.2) is 4.98 Å². The molecule has 0 bridgehead atoms. The molecule has 0 radical (unpaired) electrons. The minimum atomic E-state index is 0.258. The normalized spacial score (nSPS) is 11.2. The first-order chi connectivity index (χ1) is 20.8. The predicted octanol–water partition coefficient (Wildman–Crippen LogP) is 6.81. The number of nitrogens with two attached hydrogens (primary N) is 1. The van der Waals surface area contributed by atoms with Gasteiger partial charge in [0.25, 0.3) is 0 Å². The lowest BCUT2D eigenvalue weighted by Crippen LogP contribution is -2.32. The van der Waals surface area contributed by atoms with Gasteiger partial charge in [-0.1, -0.05) is 42.5 Å². The van der Waals surface area contributed by atoms with Crippen LogP contribution in [0, 0.1) is 0 Å². The van der Waals surface area contributed by atoms with Crippen molar-refractivity contribution in [2.75, 3.05) is 6.54 Å². The average molecular weight is 577 g/mol. The van der Waals surface area contributed by atoms with Crippen LogP contribution in [0.15, 0.2) is 122 Å². The molecule has 0 aliphatic rings. The highest BCUT2D eigenvalue weighted by Crippen LogP contribution is 2.24. The van der Waals surface area contributed by atoms with Crippen LogP contribution in [0.25, 0.3) is 17.0 Å². The molecule has 0 saturated carbocycles. The number of benzene rings is 4. The highest BCUT2D eigenvalue weighted by Gasteiger charge is 2.15. The van der Waals surface area contributed by atoms with Crippen LogP contribution in [0.2, 0.25) is 0 Å². The fourth-order valence-corrected chi connectivity index (χ4v) is 4.82. The molecule has 0 unspecified atom stereocenters. The second-order valence-electron chi connectivity index (χ2n) is 10.6. The summed E-state index contributed by atoms with van der Waals surface area (Å²) in [4.78, 5) is 6.50. The van der Waals surface area contributed by atoms with E-state index in [0.717, 1.165) is 54.0 Å². The minimum absolute atomic E-state index is 0.258. The van der Waals surface area contributed by atoms with Gasteiger partial charge in [0.05, 0.1) is 23.9 Å². The van der Waals surface area contributed by atoms with Crippen molar-refractivity contribution in [3.63, 3.8) is 0 Å². The molecule has 1 heterocycles. The second kappa shape index (κ2) is 15.2. The topological polar surface area (TPSA) is 108 Å². The van der Waals surface area contributed by atoms with E-state index in [0.29, 0.717) is 6.04 Å². The summed E-state index contributed by atoms with van der Waals surface area (Å²) in [5, 5.41) is 28.1. The first-order valence-electron chi connectivity index (χ1n) is 14.4. The van der Waals surface area contributed by atoms with Gasteiger partial charge in [0.15, 0.2) is 0 Å².